The number of rotatable bonds is 1. The van der Waals surface area contributed by atoms with Crippen molar-refractivity contribution in [1.82, 2.24) is 0 Å². The second kappa shape index (κ2) is 21.8. The molecule has 27 heavy (non-hydrogen) atoms. The zero-order valence-corrected chi connectivity index (χ0v) is 24.7. The molecule has 0 aromatic heterocycles. The predicted molar refractivity (Wildman–Crippen MR) is 145 cm³/mol. The minimum Gasteiger partial charge on any atom is -0.107 e. The summed E-state index contributed by atoms with van der Waals surface area (Å²) in [6, 6.07) is 0. The average molecular weight is 786 g/mol. The fraction of sp³-hybridized carbons (Fsp3) is 0.273. The maximum absolute atomic E-state index is 2.24. The maximum Gasteiger partial charge on any atom is 0.00506 e. The number of halogens is 3. The SMILES string of the molecule is C1=CC(C2C=CC=C2)C=C1.CC1C=CC=C1.CC1C=CC=C1.I.I.I.[Fe].[Fe]. The first-order valence-corrected chi connectivity index (χ1v) is 8.15. The van der Waals surface area contributed by atoms with Gasteiger partial charge >= 0.3 is 0 Å². The molecule has 5 heteroatoms. The normalized spacial score (nSPS) is 17.7. The first kappa shape index (κ1) is 35.6. The third-order valence-electron chi connectivity index (χ3n) is 3.88. The van der Waals surface area contributed by atoms with Gasteiger partial charge in [-0.25, -0.2) is 0 Å². The zero-order valence-electron chi connectivity index (χ0n) is 15.5. The Morgan fingerprint density at radius 2 is 0.556 bits per heavy atom. The van der Waals surface area contributed by atoms with E-state index in [0.29, 0.717) is 23.7 Å². The van der Waals surface area contributed by atoms with Gasteiger partial charge in [0.25, 0.3) is 0 Å². The third-order valence-corrected chi connectivity index (χ3v) is 3.88. The van der Waals surface area contributed by atoms with Crippen LogP contribution in [0.1, 0.15) is 13.8 Å². The Morgan fingerprint density at radius 1 is 0.370 bits per heavy atom. The summed E-state index contributed by atoms with van der Waals surface area (Å²) in [7, 11) is 0. The van der Waals surface area contributed by atoms with Crippen molar-refractivity contribution in [2.24, 2.45) is 23.7 Å². The molecule has 0 unspecified atom stereocenters. The van der Waals surface area contributed by atoms with Crippen molar-refractivity contribution < 1.29 is 34.1 Å². The molecular weight excluding hydrogens is 757 g/mol. The van der Waals surface area contributed by atoms with Crippen LogP contribution in [-0.2, 0) is 34.1 Å². The van der Waals surface area contributed by atoms with E-state index in [-0.39, 0.29) is 106 Å². The molecule has 0 saturated carbocycles. The van der Waals surface area contributed by atoms with Crippen molar-refractivity contribution in [3.8, 4) is 0 Å². The number of hydrogen-bond acceptors (Lipinski definition) is 0. The second-order valence-electron chi connectivity index (χ2n) is 5.95. The van der Waals surface area contributed by atoms with Gasteiger partial charge in [0.15, 0.2) is 0 Å². The van der Waals surface area contributed by atoms with Crippen LogP contribution in [0.2, 0.25) is 0 Å². The number of allylic oxidation sites excluding steroid dienone is 16. The van der Waals surface area contributed by atoms with Crippen LogP contribution in [0, 0.1) is 23.7 Å². The molecule has 0 spiro atoms. The van der Waals surface area contributed by atoms with E-state index in [1.807, 2.05) is 0 Å². The fourth-order valence-corrected chi connectivity index (χ4v) is 2.50. The minimum atomic E-state index is 0. The van der Waals surface area contributed by atoms with Gasteiger partial charge in [-0.15, -0.1) is 71.9 Å². The van der Waals surface area contributed by atoms with Crippen LogP contribution in [0.5, 0.6) is 0 Å². The Balaban J connectivity index is -0.000000140. The summed E-state index contributed by atoms with van der Waals surface area (Å²) >= 11 is 0. The fourth-order valence-electron chi connectivity index (χ4n) is 2.50. The van der Waals surface area contributed by atoms with E-state index in [4.69, 9.17) is 0 Å². The molecule has 0 nitrogen and oxygen atoms in total. The van der Waals surface area contributed by atoms with E-state index in [2.05, 4.69) is 111 Å². The summed E-state index contributed by atoms with van der Waals surface area (Å²) in [5.41, 5.74) is 0. The molecule has 0 heterocycles. The zero-order chi connectivity index (χ0) is 15.6. The van der Waals surface area contributed by atoms with Crippen LogP contribution in [0.15, 0.2) is 97.2 Å². The molecule has 0 radical (unpaired) electrons. The van der Waals surface area contributed by atoms with E-state index < -0.39 is 0 Å². The maximum atomic E-state index is 2.24. The van der Waals surface area contributed by atoms with Crippen LogP contribution in [0.4, 0.5) is 0 Å². The molecule has 154 valence electrons. The van der Waals surface area contributed by atoms with Gasteiger partial charge in [-0.3, -0.25) is 0 Å². The monoisotopic (exact) mass is 786 g/mol. The van der Waals surface area contributed by atoms with E-state index in [0.717, 1.165) is 0 Å². The van der Waals surface area contributed by atoms with Gasteiger partial charge in [-0.05, 0) is 11.8 Å². The van der Waals surface area contributed by atoms with Gasteiger partial charge in [0.2, 0.25) is 0 Å². The topological polar surface area (TPSA) is 0 Å². The van der Waals surface area contributed by atoms with Crippen LogP contribution in [-0.4, -0.2) is 0 Å². The second-order valence-corrected chi connectivity index (χ2v) is 5.95. The van der Waals surface area contributed by atoms with Crippen molar-refractivity contribution in [3.63, 3.8) is 0 Å². The Labute approximate surface area is 237 Å². The summed E-state index contributed by atoms with van der Waals surface area (Å²) in [6.07, 6.45) is 34.4. The van der Waals surface area contributed by atoms with Gasteiger partial charge in [0.05, 0.1) is 0 Å². The molecule has 0 aromatic rings. The first-order chi connectivity index (χ1) is 10.8. The first-order valence-electron chi connectivity index (χ1n) is 8.15. The molecule has 0 atom stereocenters. The molecule has 4 aliphatic rings. The van der Waals surface area contributed by atoms with Crippen molar-refractivity contribution >= 4 is 71.9 Å². The van der Waals surface area contributed by atoms with Gasteiger partial charge in [0.1, 0.15) is 0 Å². The van der Waals surface area contributed by atoms with E-state index >= 15 is 0 Å². The Kier molecular flexibility index (Phi) is 28.8. The largest absolute Gasteiger partial charge is 0.107 e. The molecular formula is C22H29Fe2I3. The third kappa shape index (κ3) is 15.6. The molecule has 0 saturated heterocycles. The standard InChI is InChI=1S/C10H10.2C6H8.2Fe.3HI/c1-2-6-9(5-1)10-7-3-4-8-10;2*1-6-4-2-3-5-6;;;;;/h1-10H;2*2-6H,1H3;;;3*1H. The van der Waals surface area contributed by atoms with Crippen molar-refractivity contribution in [2.45, 2.75) is 13.8 Å². The molecule has 0 aliphatic heterocycles. The van der Waals surface area contributed by atoms with Gasteiger partial charge in [0, 0.05) is 46.0 Å². The Bertz CT molecular complexity index is 484. The van der Waals surface area contributed by atoms with Crippen LogP contribution < -0.4 is 0 Å². The molecule has 0 amide bonds. The van der Waals surface area contributed by atoms with E-state index in [1.165, 1.54) is 0 Å². The van der Waals surface area contributed by atoms with Gasteiger partial charge in [-0.2, -0.15) is 0 Å². The van der Waals surface area contributed by atoms with Gasteiger partial charge < -0.3 is 0 Å². The summed E-state index contributed by atoms with van der Waals surface area (Å²) in [6.45, 7) is 4.33. The molecule has 4 aliphatic carbocycles. The van der Waals surface area contributed by atoms with E-state index in [1.54, 1.807) is 0 Å². The van der Waals surface area contributed by atoms with Crippen molar-refractivity contribution in [3.05, 3.63) is 97.2 Å². The van der Waals surface area contributed by atoms with Crippen molar-refractivity contribution in [2.75, 3.05) is 0 Å². The summed E-state index contributed by atoms with van der Waals surface area (Å²) in [4.78, 5) is 0. The van der Waals surface area contributed by atoms with Crippen LogP contribution >= 0.6 is 71.9 Å². The molecule has 4 rings (SSSR count). The smallest absolute Gasteiger partial charge is 0.00506 e. The van der Waals surface area contributed by atoms with E-state index in [9.17, 15) is 0 Å². The molecule has 0 fully saturated rings. The van der Waals surface area contributed by atoms with Crippen LogP contribution in [0.25, 0.3) is 0 Å². The van der Waals surface area contributed by atoms with Crippen LogP contribution in [0.3, 0.4) is 0 Å². The van der Waals surface area contributed by atoms with Gasteiger partial charge in [-0.1, -0.05) is 111 Å². The minimum absolute atomic E-state index is 0. The molecule has 0 N–H and O–H groups in total. The summed E-state index contributed by atoms with van der Waals surface area (Å²) < 4.78 is 0. The number of hydrogen-bond donors (Lipinski definition) is 0. The molecule has 0 aromatic carbocycles. The average Bonchev–Trinajstić information content (AvgIpc) is 3.30. The summed E-state index contributed by atoms with van der Waals surface area (Å²) in [5, 5.41) is 0. The van der Waals surface area contributed by atoms with Crippen molar-refractivity contribution in [1.29, 1.82) is 0 Å². The Morgan fingerprint density at radius 3 is 0.704 bits per heavy atom. The quantitative estimate of drug-likeness (QED) is 0.188. The predicted octanol–water partition coefficient (Wildman–Crippen LogP) is 7.82. The summed E-state index contributed by atoms with van der Waals surface area (Å²) in [5.74, 6) is 2.61. The molecule has 0 bridgehead atoms. The Hall–Kier alpha value is 1.15.